The molecule has 0 saturated carbocycles. The second kappa shape index (κ2) is 9.82. The highest BCUT2D eigenvalue weighted by Crippen LogP contribution is 2.40. The summed E-state index contributed by atoms with van der Waals surface area (Å²) in [5.74, 6) is -0.445. The fraction of sp³-hybridized carbons (Fsp3) is 0.364. The standard InChI is InChI=1S/C22H25N3O5S/c1-5-6-11-31-22-24-18-17(19(26)25-22)16(15(12(2)23-18)21(28)30-4)13-7-9-14(10-8-13)20(27)29-3/h7-10,16H,5-6,11H2,1-4H3,(H2,23,24,25,26)/t16-/m1/s1. The van der Waals surface area contributed by atoms with Gasteiger partial charge in [0.05, 0.1) is 36.8 Å². The van der Waals surface area contributed by atoms with Crippen molar-refractivity contribution in [2.45, 2.75) is 37.8 Å². The molecule has 164 valence electrons. The van der Waals surface area contributed by atoms with Crippen LogP contribution in [0.15, 0.2) is 45.5 Å². The van der Waals surface area contributed by atoms with Crippen molar-refractivity contribution in [2.75, 3.05) is 25.3 Å². The van der Waals surface area contributed by atoms with Crippen LogP contribution in [0.2, 0.25) is 0 Å². The summed E-state index contributed by atoms with van der Waals surface area (Å²) in [4.78, 5) is 44.9. The Labute approximate surface area is 184 Å². The topological polar surface area (TPSA) is 110 Å². The summed E-state index contributed by atoms with van der Waals surface area (Å²) in [7, 11) is 2.60. The lowest BCUT2D eigenvalue weighted by Crippen LogP contribution is -2.31. The second-order valence-electron chi connectivity index (χ2n) is 7.04. The first-order valence-corrected chi connectivity index (χ1v) is 10.9. The van der Waals surface area contributed by atoms with Crippen molar-refractivity contribution in [3.8, 4) is 0 Å². The van der Waals surface area contributed by atoms with Crippen LogP contribution in [0.1, 0.15) is 54.1 Å². The van der Waals surface area contributed by atoms with Crippen molar-refractivity contribution < 1.29 is 19.1 Å². The maximum atomic E-state index is 13.1. The third-order valence-electron chi connectivity index (χ3n) is 5.03. The lowest BCUT2D eigenvalue weighted by molar-refractivity contribution is -0.136. The number of hydrogen-bond acceptors (Lipinski definition) is 8. The van der Waals surface area contributed by atoms with Crippen molar-refractivity contribution in [2.24, 2.45) is 0 Å². The van der Waals surface area contributed by atoms with Crippen LogP contribution in [0.5, 0.6) is 0 Å². The number of rotatable bonds is 7. The van der Waals surface area contributed by atoms with E-state index in [1.165, 1.54) is 26.0 Å². The SMILES string of the molecule is CCCCSc1nc2c(c(=O)[nH]1)[C@H](c1ccc(C(=O)OC)cc1)C(C(=O)OC)=C(C)N2. The number of unbranched alkanes of at least 4 members (excludes halogenated alkanes) is 1. The number of esters is 2. The van der Waals surface area contributed by atoms with E-state index < -0.39 is 17.9 Å². The molecule has 2 aromatic rings. The first-order chi connectivity index (χ1) is 14.9. The molecule has 0 saturated heterocycles. The van der Waals surface area contributed by atoms with Gasteiger partial charge in [-0.25, -0.2) is 14.6 Å². The van der Waals surface area contributed by atoms with Gasteiger partial charge >= 0.3 is 11.9 Å². The highest BCUT2D eigenvalue weighted by Gasteiger charge is 2.36. The lowest BCUT2D eigenvalue weighted by atomic mass is 9.82. The van der Waals surface area contributed by atoms with Crippen molar-refractivity contribution in [1.82, 2.24) is 9.97 Å². The minimum atomic E-state index is -0.693. The molecule has 0 radical (unpaired) electrons. The zero-order valence-corrected chi connectivity index (χ0v) is 18.7. The number of allylic oxidation sites excluding steroid dienone is 1. The molecule has 1 aliphatic heterocycles. The van der Waals surface area contributed by atoms with Crippen molar-refractivity contribution >= 4 is 29.5 Å². The quantitative estimate of drug-likeness (QED) is 0.290. The average molecular weight is 444 g/mol. The Bertz CT molecular complexity index is 1080. The number of anilines is 1. The van der Waals surface area contributed by atoms with Crippen LogP contribution in [0.3, 0.4) is 0 Å². The number of H-pyrrole nitrogens is 1. The summed E-state index contributed by atoms with van der Waals surface area (Å²) in [5, 5.41) is 3.62. The van der Waals surface area contributed by atoms with E-state index in [0.717, 1.165) is 18.6 Å². The molecule has 0 amide bonds. The minimum absolute atomic E-state index is 0.319. The third kappa shape index (κ3) is 4.66. The summed E-state index contributed by atoms with van der Waals surface area (Å²) in [6, 6.07) is 6.60. The molecule has 0 fully saturated rings. The number of methoxy groups -OCH3 is 2. The molecule has 31 heavy (non-hydrogen) atoms. The van der Waals surface area contributed by atoms with Crippen LogP contribution in [0, 0.1) is 0 Å². The summed E-state index contributed by atoms with van der Waals surface area (Å²) in [6.45, 7) is 3.85. The van der Waals surface area contributed by atoms with Gasteiger partial charge in [0.2, 0.25) is 0 Å². The fourth-order valence-electron chi connectivity index (χ4n) is 3.46. The van der Waals surface area contributed by atoms with Gasteiger partial charge in [0.25, 0.3) is 5.56 Å². The van der Waals surface area contributed by atoms with Gasteiger partial charge in [-0.05, 0) is 31.0 Å². The molecule has 0 spiro atoms. The Kier molecular flexibility index (Phi) is 7.17. The van der Waals surface area contributed by atoms with E-state index in [9.17, 15) is 14.4 Å². The number of ether oxygens (including phenoxy) is 2. The third-order valence-corrected chi connectivity index (χ3v) is 5.99. The monoisotopic (exact) mass is 443 g/mol. The van der Waals surface area contributed by atoms with Crippen LogP contribution >= 0.6 is 11.8 Å². The minimum Gasteiger partial charge on any atom is -0.466 e. The Morgan fingerprint density at radius 1 is 1.13 bits per heavy atom. The summed E-state index contributed by atoms with van der Waals surface area (Å²) < 4.78 is 9.73. The zero-order chi connectivity index (χ0) is 22.5. The van der Waals surface area contributed by atoms with Gasteiger partial charge in [-0.15, -0.1) is 0 Å². The van der Waals surface area contributed by atoms with E-state index in [1.54, 1.807) is 31.2 Å². The number of hydrogen-bond donors (Lipinski definition) is 2. The van der Waals surface area contributed by atoms with E-state index in [2.05, 4.69) is 22.2 Å². The number of carbonyl (C=O) groups excluding carboxylic acids is 2. The Morgan fingerprint density at radius 2 is 1.81 bits per heavy atom. The lowest BCUT2D eigenvalue weighted by Gasteiger charge is -2.28. The molecule has 2 heterocycles. The molecule has 2 N–H and O–H groups in total. The molecule has 1 aromatic heterocycles. The van der Waals surface area contributed by atoms with Crippen molar-refractivity contribution in [1.29, 1.82) is 0 Å². The smallest absolute Gasteiger partial charge is 0.337 e. The van der Waals surface area contributed by atoms with Gasteiger partial charge in [-0.2, -0.15) is 0 Å². The second-order valence-corrected chi connectivity index (χ2v) is 8.12. The molecular formula is C22H25N3O5S. The Hall–Kier alpha value is -3.07. The van der Waals surface area contributed by atoms with E-state index in [1.807, 2.05) is 0 Å². The number of fused-ring (bicyclic) bond motifs is 1. The van der Waals surface area contributed by atoms with Gasteiger partial charge in [-0.1, -0.05) is 37.2 Å². The zero-order valence-electron chi connectivity index (χ0n) is 17.9. The maximum Gasteiger partial charge on any atom is 0.337 e. The number of nitrogens with zero attached hydrogens (tertiary/aromatic N) is 1. The first kappa shape index (κ1) is 22.6. The summed E-state index contributed by atoms with van der Waals surface area (Å²) in [5.41, 5.74) is 1.91. The van der Waals surface area contributed by atoms with Crippen LogP contribution < -0.4 is 10.9 Å². The van der Waals surface area contributed by atoms with Gasteiger partial charge in [0.15, 0.2) is 5.16 Å². The van der Waals surface area contributed by atoms with Crippen LogP contribution in [0.4, 0.5) is 5.82 Å². The van der Waals surface area contributed by atoms with Gasteiger partial charge < -0.3 is 19.8 Å². The van der Waals surface area contributed by atoms with E-state index in [-0.39, 0.29) is 5.56 Å². The molecule has 1 aliphatic rings. The summed E-state index contributed by atoms with van der Waals surface area (Å²) in [6.07, 6.45) is 2.06. The molecular weight excluding hydrogens is 418 g/mol. The number of carbonyl (C=O) groups is 2. The normalized spacial score (nSPS) is 15.2. The van der Waals surface area contributed by atoms with Crippen molar-refractivity contribution in [3.05, 3.63) is 62.6 Å². The number of thioether (sulfide) groups is 1. The molecule has 8 nitrogen and oxygen atoms in total. The molecule has 1 atom stereocenters. The van der Waals surface area contributed by atoms with E-state index >= 15 is 0 Å². The maximum absolute atomic E-state index is 13.1. The Balaban J connectivity index is 2.12. The molecule has 3 rings (SSSR count). The van der Waals surface area contributed by atoms with Crippen LogP contribution in [-0.2, 0) is 14.3 Å². The van der Waals surface area contributed by atoms with Crippen LogP contribution in [0.25, 0.3) is 0 Å². The number of aromatic amines is 1. The molecule has 9 heteroatoms. The first-order valence-electron chi connectivity index (χ1n) is 9.92. The number of aromatic nitrogens is 2. The predicted octanol–water partition coefficient (Wildman–Crippen LogP) is 3.45. The number of nitrogens with one attached hydrogen (secondary N) is 2. The highest BCUT2D eigenvalue weighted by molar-refractivity contribution is 7.99. The fourth-order valence-corrected chi connectivity index (χ4v) is 4.40. The molecule has 1 aromatic carbocycles. The van der Waals surface area contributed by atoms with E-state index in [4.69, 9.17) is 9.47 Å². The van der Waals surface area contributed by atoms with Gasteiger partial charge in [-0.3, -0.25) is 4.79 Å². The van der Waals surface area contributed by atoms with Crippen LogP contribution in [-0.4, -0.2) is 41.9 Å². The summed E-state index contributed by atoms with van der Waals surface area (Å²) >= 11 is 1.48. The molecule has 0 bridgehead atoms. The molecule has 0 aliphatic carbocycles. The number of benzene rings is 1. The highest BCUT2D eigenvalue weighted by atomic mass is 32.2. The van der Waals surface area contributed by atoms with Crippen molar-refractivity contribution in [3.63, 3.8) is 0 Å². The van der Waals surface area contributed by atoms with E-state index in [0.29, 0.717) is 38.9 Å². The van der Waals surface area contributed by atoms with Gasteiger partial charge in [0, 0.05) is 11.4 Å². The largest absolute Gasteiger partial charge is 0.466 e. The Morgan fingerprint density at radius 3 is 2.42 bits per heavy atom. The molecule has 0 unspecified atom stereocenters. The average Bonchev–Trinajstić information content (AvgIpc) is 2.77. The predicted molar refractivity (Wildman–Crippen MR) is 118 cm³/mol. The van der Waals surface area contributed by atoms with Gasteiger partial charge in [0.1, 0.15) is 5.82 Å².